The molecule has 0 unspecified atom stereocenters. The van der Waals surface area contributed by atoms with Gasteiger partial charge in [-0.15, -0.1) is 0 Å². The fraction of sp³-hybridized carbons (Fsp3) is 0.600. The van der Waals surface area contributed by atoms with E-state index in [1.54, 1.807) is 0 Å². The van der Waals surface area contributed by atoms with Crippen molar-refractivity contribution in [1.82, 2.24) is 10.2 Å². The van der Waals surface area contributed by atoms with Crippen molar-refractivity contribution in [3.8, 4) is 0 Å². The van der Waals surface area contributed by atoms with Crippen LogP contribution in [0.1, 0.15) is 29.2 Å². The molecule has 0 amide bonds. The minimum atomic E-state index is -2.26. The fourth-order valence-corrected chi connectivity index (χ4v) is 2.97. The summed E-state index contributed by atoms with van der Waals surface area (Å²) in [6, 6.07) is 5.86. The molecule has 2 nitrogen and oxygen atoms in total. The first-order valence-corrected chi connectivity index (χ1v) is 6.88. The first kappa shape index (κ1) is 14.4. The molecule has 1 fully saturated rings. The molecule has 1 heterocycles. The van der Waals surface area contributed by atoms with Gasteiger partial charge in [-0.3, -0.25) is 4.90 Å². The smallest absolute Gasteiger partial charge is 0.240 e. The maximum atomic E-state index is 12.9. The lowest BCUT2D eigenvalue weighted by Gasteiger charge is -2.36. The van der Waals surface area contributed by atoms with Crippen molar-refractivity contribution in [2.45, 2.75) is 32.7 Å². The van der Waals surface area contributed by atoms with Crippen molar-refractivity contribution >= 4 is 0 Å². The van der Waals surface area contributed by atoms with Gasteiger partial charge in [0, 0.05) is 38.6 Å². The van der Waals surface area contributed by atoms with Gasteiger partial charge in [-0.25, -0.2) is 8.78 Å². The van der Waals surface area contributed by atoms with Crippen LogP contribution in [0.25, 0.3) is 0 Å². The van der Waals surface area contributed by atoms with E-state index in [1.165, 1.54) is 0 Å². The molecular formula is C15H22F2N2. The molecule has 1 aromatic rings. The molecule has 1 atom stereocenters. The summed E-state index contributed by atoms with van der Waals surface area (Å²) in [5, 5.41) is 3.27. The molecule has 0 saturated carbocycles. The molecule has 0 aromatic heterocycles. The van der Waals surface area contributed by atoms with E-state index in [2.05, 4.69) is 10.2 Å². The first-order valence-electron chi connectivity index (χ1n) is 6.88. The van der Waals surface area contributed by atoms with Crippen LogP contribution in [-0.4, -0.2) is 37.5 Å². The molecule has 106 valence electrons. The minimum Gasteiger partial charge on any atom is -0.314 e. The lowest BCUT2D eigenvalue weighted by molar-refractivity contribution is 0.0734. The molecule has 0 bridgehead atoms. The standard InChI is InChI=1S/C15H22F2N2/c1-11-4-3-5-12(2)15(11)13(10-14(16)17)19-8-6-18-7-9-19/h3-5,13-14,18H,6-10H2,1-2H3/t13-/m1/s1. The molecule has 1 aromatic carbocycles. The highest BCUT2D eigenvalue weighted by molar-refractivity contribution is 5.36. The summed E-state index contributed by atoms with van der Waals surface area (Å²) in [7, 11) is 0. The van der Waals surface area contributed by atoms with Crippen molar-refractivity contribution in [3.05, 3.63) is 34.9 Å². The molecule has 0 aliphatic carbocycles. The molecule has 0 spiro atoms. The zero-order valence-electron chi connectivity index (χ0n) is 11.6. The first-order chi connectivity index (χ1) is 9.09. The van der Waals surface area contributed by atoms with Gasteiger partial charge >= 0.3 is 0 Å². The summed E-state index contributed by atoms with van der Waals surface area (Å²) >= 11 is 0. The summed E-state index contributed by atoms with van der Waals surface area (Å²) in [6.45, 7) is 7.47. The summed E-state index contributed by atoms with van der Waals surface area (Å²) in [4.78, 5) is 2.19. The van der Waals surface area contributed by atoms with Crippen LogP contribution in [0.15, 0.2) is 18.2 Å². The fourth-order valence-electron chi connectivity index (χ4n) is 2.97. The van der Waals surface area contributed by atoms with E-state index < -0.39 is 6.43 Å². The summed E-state index contributed by atoms with van der Waals surface area (Å²) in [5.74, 6) is 0. The Morgan fingerprint density at radius 2 is 1.74 bits per heavy atom. The third-order valence-corrected chi connectivity index (χ3v) is 3.87. The topological polar surface area (TPSA) is 15.3 Å². The second-order valence-electron chi connectivity index (χ2n) is 5.23. The summed E-state index contributed by atoms with van der Waals surface area (Å²) < 4.78 is 25.9. The molecule has 0 radical (unpaired) electrons. The van der Waals surface area contributed by atoms with Crippen LogP contribution in [0.5, 0.6) is 0 Å². The maximum absolute atomic E-state index is 12.9. The SMILES string of the molecule is Cc1cccc(C)c1[C@@H](CC(F)F)N1CCNCC1. The van der Waals surface area contributed by atoms with Crippen LogP contribution in [0, 0.1) is 13.8 Å². The highest BCUT2D eigenvalue weighted by atomic mass is 19.3. The van der Waals surface area contributed by atoms with Crippen molar-refractivity contribution in [2.75, 3.05) is 26.2 Å². The predicted octanol–water partition coefficient (Wildman–Crippen LogP) is 2.90. The maximum Gasteiger partial charge on any atom is 0.240 e. The second kappa shape index (κ2) is 6.44. The second-order valence-corrected chi connectivity index (χ2v) is 5.23. The number of nitrogens with one attached hydrogen (secondary N) is 1. The average Bonchev–Trinajstić information content (AvgIpc) is 2.38. The number of hydrogen-bond acceptors (Lipinski definition) is 2. The van der Waals surface area contributed by atoms with E-state index in [1.807, 2.05) is 32.0 Å². The van der Waals surface area contributed by atoms with Gasteiger partial charge in [0.1, 0.15) is 0 Å². The highest BCUT2D eigenvalue weighted by Crippen LogP contribution is 2.32. The van der Waals surface area contributed by atoms with E-state index in [4.69, 9.17) is 0 Å². The van der Waals surface area contributed by atoms with Crippen molar-refractivity contribution in [1.29, 1.82) is 0 Å². The van der Waals surface area contributed by atoms with Crippen molar-refractivity contribution in [2.24, 2.45) is 0 Å². The Morgan fingerprint density at radius 3 is 2.26 bits per heavy atom. The van der Waals surface area contributed by atoms with Gasteiger partial charge in [-0.2, -0.15) is 0 Å². The normalized spacial score (nSPS) is 18.8. The van der Waals surface area contributed by atoms with Crippen LogP contribution >= 0.6 is 0 Å². The predicted molar refractivity (Wildman–Crippen MR) is 73.7 cm³/mol. The zero-order valence-corrected chi connectivity index (χ0v) is 11.6. The lowest BCUT2D eigenvalue weighted by Crippen LogP contribution is -2.45. The average molecular weight is 268 g/mol. The van der Waals surface area contributed by atoms with E-state index in [-0.39, 0.29) is 12.5 Å². The Balaban J connectivity index is 2.30. The Morgan fingerprint density at radius 1 is 1.16 bits per heavy atom. The Bertz CT molecular complexity index is 394. The van der Waals surface area contributed by atoms with E-state index in [0.717, 1.165) is 42.9 Å². The molecule has 2 rings (SSSR count). The number of piperazine rings is 1. The van der Waals surface area contributed by atoms with Crippen LogP contribution in [0.3, 0.4) is 0 Å². The molecule has 4 heteroatoms. The molecule has 1 aliphatic heterocycles. The molecular weight excluding hydrogens is 246 g/mol. The number of hydrogen-bond donors (Lipinski definition) is 1. The molecule has 19 heavy (non-hydrogen) atoms. The number of aryl methyl sites for hydroxylation is 2. The van der Waals surface area contributed by atoms with Gasteiger partial charge in [0.15, 0.2) is 0 Å². The Hall–Kier alpha value is -1.00. The van der Waals surface area contributed by atoms with Crippen molar-refractivity contribution < 1.29 is 8.78 Å². The third kappa shape index (κ3) is 3.51. The number of alkyl halides is 2. The monoisotopic (exact) mass is 268 g/mol. The molecule has 1 aliphatic rings. The Labute approximate surface area is 113 Å². The number of rotatable bonds is 4. The third-order valence-electron chi connectivity index (χ3n) is 3.87. The highest BCUT2D eigenvalue weighted by Gasteiger charge is 2.27. The zero-order chi connectivity index (χ0) is 13.8. The quantitative estimate of drug-likeness (QED) is 0.903. The van der Waals surface area contributed by atoms with Gasteiger partial charge < -0.3 is 5.32 Å². The van der Waals surface area contributed by atoms with E-state index in [0.29, 0.717) is 0 Å². The number of nitrogens with zero attached hydrogens (tertiary/aromatic N) is 1. The van der Waals surface area contributed by atoms with Crippen LogP contribution in [0.4, 0.5) is 8.78 Å². The van der Waals surface area contributed by atoms with Crippen molar-refractivity contribution in [3.63, 3.8) is 0 Å². The number of halogens is 2. The Kier molecular flexibility index (Phi) is 4.88. The van der Waals surface area contributed by atoms with Gasteiger partial charge in [0.2, 0.25) is 6.43 Å². The largest absolute Gasteiger partial charge is 0.314 e. The van der Waals surface area contributed by atoms with Crippen LogP contribution in [0.2, 0.25) is 0 Å². The number of benzene rings is 1. The van der Waals surface area contributed by atoms with E-state index in [9.17, 15) is 8.78 Å². The summed E-state index contributed by atoms with van der Waals surface area (Å²) in [6.07, 6.45) is -2.34. The van der Waals surface area contributed by atoms with E-state index >= 15 is 0 Å². The molecule has 1 saturated heterocycles. The summed E-state index contributed by atoms with van der Waals surface area (Å²) in [5.41, 5.74) is 3.32. The van der Waals surface area contributed by atoms with Gasteiger partial charge in [0.05, 0.1) is 0 Å². The lowest BCUT2D eigenvalue weighted by atomic mass is 9.92. The van der Waals surface area contributed by atoms with Gasteiger partial charge in [0.25, 0.3) is 0 Å². The van der Waals surface area contributed by atoms with Crippen LogP contribution < -0.4 is 5.32 Å². The molecule has 1 N–H and O–H groups in total. The van der Waals surface area contributed by atoms with Crippen LogP contribution in [-0.2, 0) is 0 Å². The minimum absolute atomic E-state index is 0.0777. The van der Waals surface area contributed by atoms with Gasteiger partial charge in [-0.1, -0.05) is 18.2 Å². The van der Waals surface area contributed by atoms with Gasteiger partial charge in [-0.05, 0) is 30.5 Å².